The van der Waals surface area contributed by atoms with Crippen LogP contribution in [0.1, 0.15) is 17.4 Å². The number of hydrogen-bond acceptors (Lipinski definition) is 4. The van der Waals surface area contributed by atoms with Crippen LogP contribution in [-0.4, -0.2) is 27.2 Å². The maximum Gasteiger partial charge on any atom is 0.357 e. The molecule has 134 valence electrons. The highest BCUT2D eigenvalue weighted by molar-refractivity contribution is 5.89. The summed E-state index contributed by atoms with van der Waals surface area (Å²) in [6, 6.07) is 19.2. The van der Waals surface area contributed by atoms with Gasteiger partial charge in [-0.15, -0.1) is 0 Å². The van der Waals surface area contributed by atoms with Crippen molar-refractivity contribution < 1.29 is 13.9 Å². The Balaban J connectivity index is 1.97. The SMILES string of the molecule is CCOC(=O)c1cc(-c2ccccc2F)n2nc(-c3ccccc3)cc2n1. The van der Waals surface area contributed by atoms with Gasteiger partial charge in [-0.3, -0.25) is 0 Å². The van der Waals surface area contributed by atoms with Gasteiger partial charge in [0.05, 0.1) is 18.0 Å². The zero-order valence-corrected chi connectivity index (χ0v) is 14.6. The summed E-state index contributed by atoms with van der Waals surface area (Å²) >= 11 is 0. The van der Waals surface area contributed by atoms with Crippen molar-refractivity contribution in [3.63, 3.8) is 0 Å². The van der Waals surface area contributed by atoms with E-state index in [2.05, 4.69) is 10.1 Å². The van der Waals surface area contributed by atoms with Crippen LogP contribution < -0.4 is 0 Å². The smallest absolute Gasteiger partial charge is 0.357 e. The summed E-state index contributed by atoms with van der Waals surface area (Å²) in [6.45, 7) is 1.95. The van der Waals surface area contributed by atoms with E-state index >= 15 is 0 Å². The highest BCUT2D eigenvalue weighted by Crippen LogP contribution is 2.27. The number of fused-ring (bicyclic) bond motifs is 1. The number of carbonyl (C=O) groups is 1. The molecule has 6 heteroatoms. The lowest BCUT2D eigenvalue weighted by Gasteiger charge is -2.08. The Morgan fingerprint density at radius 1 is 1.07 bits per heavy atom. The molecule has 0 atom stereocenters. The Hall–Kier alpha value is -3.54. The van der Waals surface area contributed by atoms with Crippen molar-refractivity contribution in [3.05, 3.63) is 78.2 Å². The molecule has 2 aromatic carbocycles. The molecule has 27 heavy (non-hydrogen) atoms. The van der Waals surface area contributed by atoms with Crippen molar-refractivity contribution in [1.29, 1.82) is 0 Å². The van der Waals surface area contributed by atoms with Crippen molar-refractivity contribution >= 4 is 11.6 Å². The molecule has 0 aliphatic rings. The Kier molecular flexibility index (Phi) is 4.38. The summed E-state index contributed by atoms with van der Waals surface area (Å²) in [4.78, 5) is 16.6. The average Bonchev–Trinajstić information content (AvgIpc) is 3.13. The van der Waals surface area contributed by atoms with Gasteiger partial charge < -0.3 is 4.74 Å². The molecule has 0 unspecified atom stereocenters. The summed E-state index contributed by atoms with van der Waals surface area (Å²) < 4.78 is 21.0. The molecule has 4 rings (SSSR count). The lowest BCUT2D eigenvalue weighted by Crippen LogP contribution is -2.10. The molecule has 5 nitrogen and oxygen atoms in total. The van der Waals surface area contributed by atoms with Crippen molar-refractivity contribution in [2.24, 2.45) is 0 Å². The molecule has 0 aliphatic carbocycles. The third kappa shape index (κ3) is 3.17. The number of rotatable bonds is 4. The number of halogens is 1. The molecule has 0 fully saturated rings. The predicted molar refractivity (Wildman–Crippen MR) is 99.8 cm³/mol. The number of nitrogens with zero attached hydrogens (tertiary/aromatic N) is 3. The minimum atomic E-state index is -0.556. The maximum atomic E-state index is 14.4. The van der Waals surface area contributed by atoms with E-state index in [1.54, 1.807) is 35.7 Å². The molecule has 4 aromatic rings. The van der Waals surface area contributed by atoms with E-state index in [9.17, 15) is 9.18 Å². The highest BCUT2D eigenvalue weighted by Gasteiger charge is 2.18. The first kappa shape index (κ1) is 16.9. The zero-order valence-electron chi connectivity index (χ0n) is 14.6. The van der Waals surface area contributed by atoms with E-state index in [1.807, 2.05) is 30.3 Å². The van der Waals surface area contributed by atoms with Gasteiger partial charge >= 0.3 is 5.97 Å². The Morgan fingerprint density at radius 2 is 1.81 bits per heavy atom. The van der Waals surface area contributed by atoms with Crippen LogP contribution in [0.3, 0.4) is 0 Å². The van der Waals surface area contributed by atoms with Crippen molar-refractivity contribution in [3.8, 4) is 22.5 Å². The number of benzene rings is 2. The second-order valence-corrected chi connectivity index (χ2v) is 5.89. The number of carbonyl (C=O) groups excluding carboxylic acids is 1. The van der Waals surface area contributed by atoms with Crippen LogP contribution in [0.5, 0.6) is 0 Å². The summed E-state index contributed by atoms with van der Waals surface area (Å²) in [7, 11) is 0. The van der Waals surface area contributed by atoms with Crippen LogP contribution in [0.2, 0.25) is 0 Å². The molecule has 0 N–H and O–H groups in total. The third-order valence-corrected chi connectivity index (χ3v) is 4.13. The van der Waals surface area contributed by atoms with Crippen molar-refractivity contribution in [1.82, 2.24) is 14.6 Å². The average molecular weight is 361 g/mol. The van der Waals surface area contributed by atoms with E-state index in [1.165, 1.54) is 12.1 Å². The highest BCUT2D eigenvalue weighted by atomic mass is 19.1. The molecule has 0 bridgehead atoms. The van der Waals surface area contributed by atoms with Crippen LogP contribution in [0.15, 0.2) is 66.7 Å². The molecule has 0 spiro atoms. The van der Waals surface area contributed by atoms with E-state index in [0.29, 0.717) is 22.6 Å². The van der Waals surface area contributed by atoms with Gasteiger partial charge in [-0.1, -0.05) is 42.5 Å². The first-order valence-corrected chi connectivity index (χ1v) is 8.55. The molecule has 0 saturated carbocycles. The maximum absolute atomic E-state index is 14.4. The van der Waals surface area contributed by atoms with Gasteiger partial charge in [0.2, 0.25) is 0 Å². The van der Waals surface area contributed by atoms with E-state index in [4.69, 9.17) is 4.74 Å². The molecular formula is C21H16FN3O2. The molecule has 2 aromatic heterocycles. The molecular weight excluding hydrogens is 345 g/mol. The topological polar surface area (TPSA) is 56.5 Å². The van der Waals surface area contributed by atoms with Gasteiger partial charge in [-0.2, -0.15) is 5.10 Å². The summed E-state index contributed by atoms with van der Waals surface area (Å²) in [5.74, 6) is -0.961. The standard InChI is InChI=1S/C21H16FN3O2/c1-2-27-21(26)18-12-19(15-10-6-7-11-16(15)22)25-20(23-18)13-17(24-25)14-8-4-3-5-9-14/h3-13H,2H2,1H3. The summed E-state index contributed by atoms with van der Waals surface area (Å²) in [5.41, 5.74) is 2.91. The second kappa shape index (κ2) is 6.99. The molecule has 0 radical (unpaired) electrons. The van der Waals surface area contributed by atoms with Crippen LogP contribution >= 0.6 is 0 Å². The monoisotopic (exact) mass is 361 g/mol. The van der Waals surface area contributed by atoms with E-state index in [0.717, 1.165) is 5.56 Å². The first-order valence-electron chi connectivity index (χ1n) is 8.55. The number of hydrogen-bond donors (Lipinski definition) is 0. The Bertz CT molecular complexity index is 1120. The fraction of sp³-hybridized carbons (Fsp3) is 0.0952. The Morgan fingerprint density at radius 3 is 2.56 bits per heavy atom. The molecule has 0 saturated heterocycles. The van der Waals surface area contributed by atoms with Crippen molar-refractivity contribution in [2.45, 2.75) is 6.92 Å². The van der Waals surface area contributed by atoms with E-state index < -0.39 is 11.8 Å². The number of esters is 1. The van der Waals surface area contributed by atoms with E-state index in [-0.39, 0.29) is 12.3 Å². The van der Waals surface area contributed by atoms with Crippen molar-refractivity contribution in [2.75, 3.05) is 6.61 Å². The fourth-order valence-corrected chi connectivity index (χ4v) is 2.89. The van der Waals surface area contributed by atoms with Gasteiger partial charge in [-0.25, -0.2) is 18.7 Å². The lowest BCUT2D eigenvalue weighted by molar-refractivity contribution is 0.0519. The first-order chi connectivity index (χ1) is 13.2. The minimum Gasteiger partial charge on any atom is -0.461 e. The number of aromatic nitrogens is 3. The third-order valence-electron chi connectivity index (χ3n) is 4.13. The van der Waals surface area contributed by atoms with Crippen LogP contribution in [0.25, 0.3) is 28.2 Å². The fourth-order valence-electron chi connectivity index (χ4n) is 2.89. The predicted octanol–water partition coefficient (Wildman–Crippen LogP) is 4.38. The quantitative estimate of drug-likeness (QED) is 0.506. The minimum absolute atomic E-state index is 0.113. The molecule has 0 amide bonds. The normalized spacial score (nSPS) is 10.9. The van der Waals surface area contributed by atoms with Gasteiger partial charge in [0, 0.05) is 17.2 Å². The van der Waals surface area contributed by atoms with Gasteiger partial charge in [-0.05, 0) is 25.1 Å². The van der Waals surface area contributed by atoms with Gasteiger partial charge in [0.1, 0.15) is 5.82 Å². The zero-order chi connectivity index (χ0) is 18.8. The summed E-state index contributed by atoms with van der Waals surface area (Å²) in [6.07, 6.45) is 0. The lowest BCUT2D eigenvalue weighted by atomic mass is 10.1. The molecule has 2 heterocycles. The van der Waals surface area contributed by atoms with Gasteiger partial charge in [0.15, 0.2) is 11.3 Å². The van der Waals surface area contributed by atoms with Crippen LogP contribution in [0.4, 0.5) is 4.39 Å². The van der Waals surface area contributed by atoms with Crippen LogP contribution in [-0.2, 0) is 4.74 Å². The van der Waals surface area contributed by atoms with Gasteiger partial charge in [0.25, 0.3) is 0 Å². The molecule has 0 aliphatic heterocycles. The summed E-state index contributed by atoms with van der Waals surface area (Å²) in [5, 5.41) is 4.58. The second-order valence-electron chi connectivity index (χ2n) is 5.89. The largest absolute Gasteiger partial charge is 0.461 e. The number of ether oxygens (including phenoxy) is 1. The van der Waals surface area contributed by atoms with Crippen LogP contribution in [0, 0.1) is 5.82 Å². The Labute approximate surface area is 155 Å².